The van der Waals surface area contributed by atoms with E-state index < -0.39 is 0 Å². The van der Waals surface area contributed by atoms with E-state index in [9.17, 15) is 4.79 Å². The number of nitrogens with one attached hydrogen (secondary N) is 1. The van der Waals surface area contributed by atoms with Crippen LogP contribution in [0.5, 0.6) is 5.75 Å². The Morgan fingerprint density at radius 2 is 1.88 bits per heavy atom. The number of ether oxygens (including phenoxy) is 1. The third-order valence-corrected chi connectivity index (χ3v) is 6.40. The number of hydrogen-bond donors (Lipinski definition) is 1. The first kappa shape index (κ1) is 19.1. The van der Waals surface area contributed by atoms with E-state index in [4.69, 9.17) is 4.74 Å². The molecule has 1 N–H and O–H groups in total. The highest BCUT2D eigenvalue weighted by Crippen LogP contribution is 2.31. The van der Waals surface area contributed by atoms with Crippen LogP contribution in [0.2, 0.25) is 0 Å². The van der Waals surface area contributed by atoms with E-state index in [1.54, 1.807) is 13.3 Å². The minimum Gasteiger partial charge on any atom is -0.497 e. The first-order valence-electron chi connectivity index (χ1n) is 8.77. The highest BCUT2D eigenvalue weighted by Gasteiger charge is 2.36. The molecule has 1 aromatic carbocycles. The molecule has 2 fully saturated rings. The molecule has 2 saturated heterocycles. The summed E-state index contributed by atoms with van der Waals surface area (Å²) >= 11 is 1.46. The second-order valence-corrected chi connectivity index (χ2v) is 7.97. The summed E-state index contributed by atoms with van der Waals surface area (Å²) in [5.74, 6) is 0.903. The molecule has 2 bridgehead atoms. The molecule has 0 radical (unpaired) electrons. The first-order chi connectivity index (χ1) is 12.1. The molecule has 4 rings (SSSR count). The molecule has 1 amide bonds. The van der Waals surface area contributed by atoms with Crippen molar-refractivity contribution in [3.63, 3.8) is 0 Å². The fourth-order valence-electron chi connectivity index (χ4n) is 3.92. The molecular weight excluding hydrogens is 370 g/mol. The van der Waals surface area contributed by atoms with Crippen molar-refractivity contribution in [2.45, 2.75) is 43.8 Å². The van der Waals surface area contributed by atoms with E-state index in [-0.39, 0.29) is 18.3 Å². The van der Waals surface area contributed by atoms with Crippen LogP contribution in [0.4, 0.5) is 0 Å². The maximum absolute atomic E-state index is 12.9. The molecule has 5 nitrogen and oxygen atoms in total. The number of carbonyl (C=O) groups excluding carboxylic acids is 1. The van der Waals surface area contributed by atoms with Crippen LogP contribution < -0.4 is 10.1 Å². The van der Waals surface area contributed by atoms with Crippen molar-refractivity contribution in [3.05, 3.63) is 35.3 Å². The minimum absolute atomic E-state index is 0. The summed E-state index contributed by atoms with van der Waals surface area (Å²) in [6.45, 7) is 0. The monoisotopic (exact) mass is 393 g/mol. The Balaban J connectivity index is 0.00000196. The summed E-state index contributed by atoms with van der Waals surface area (Å²) in [5.41, 5.74) is 1.01. The number of carbonyl (C=O) groups is 1. The molecule has 3 heterocycles. The van der Waals surface area contributed by atoms with Crippen LogP contribution in [0.3, 0.4) is 0 Å². The minimum atomic E-state index is 0. The van der Waals surface area contributed by atoms with Gasteiger partial charge in [-0.25, -0.2) is 4.98 Å². The largest absolute Gasteiger partial charge is 0.497 e. The van der Waals surface area contributed by atoms with E-state index in [0.29, 0.717) is 23.0 Å². The Morgan fingerprint density at radius 1 is 1.23 bits per heavy atom. The molecule has 2 atom stereocenters. The number of benzene rings is 1. The second-order valence-electron chi connectivity index (χ2n) is 6.94. The quantitative estimate of drug-likeness (QED) is 0.862. The second kappa shape index (κ2) is 7.94. The molecule has 2 aliphatic heterocycles. The summed E-state index contributed by atoms with van der Waals surface area (Å²) in [6.07, 6.45) is 6.31. The van der Waals surface area contributed by atoms with Gasteiger partial charge in [-0.3, -0.25) is 4.79 Å². The highest BCUT2D eigenvalue weighted by atomic mass is 35.5. The number of methoxy groups -OCH3 is 1. The Hall–Kier alpha value is -1.63. The van der Waals surface area contributed by atoms with Crippen molar-refractivity contribution < 1.29 is 9.53 Å². The van der Waals surface area contributed by atoms with Crippen molar-refractivity contribution in [3.8, 4) is 16.3 Å². The van der Waals surface area contributed by atoms with Gasteiger partial charge in [0, 0.05) is 30.7 Å². The van der Waals surface area contributed by atoms with Gasteiger partial charge in [0.05, 0.1) is 13.3 Å². The van der Waals surface area contributed by atoms with E-state index in [1.165, 1.54) is 24.2 Å². The summed E-state index contributed by atoms with van der Waals surface area (Å²) in [5, 5.41) is 4.50. The Morgan fingerprint density at radius 3 is 2.50 bits per heavy atom. The zero-order valence-corrected chi connectivity index (χ0v) is 16.6. The van der Waals surface area contributed by atoms with Gasteiger partial charge < -0.3 is 15.0 Å². The van der Waals surface area contributed by atoms with Gasteiger partial charge in [-0.2, -0.15) is 0 Å². The number of aromatic nitrogens is 1. The lowest BCUT2D eigenvalue weighted by atomic mass is 9.98. The predicted molar refractivity (Wildman–Crippen MR) is 106 cm³/mol. The Bertz CT molecular complexity index is 752. The number of piperidine rings is 1. The summed E-state index contributed by atoms with van der Waals surface area (Å²) in [7, 11) is 3.59. The molecule has 2 aliphatic rings. The Kier molecular flexibility index (Phi) is 5.85. The first-order valence-corrected chi connectivity index (χ1v) is 9.59. The van der Waals surface area contributed by atoms with Gasteiger partial charge in [0.15, 0.2) is 0 Å². The zero-order chi connectivity index (χ0) is 17.4. The molecule has 1 aromatic heterocycles. The molecule has 0 saturated carbocycles. The fourth-order valence-corrected chi connectivity index (χ4v) is 4.83. The third-order valence-electron chi connectivity index (χ3n) is 5.37. The number of hydrogen-bond acceptors (Lipinski definition) is 5. The molecule has 7 heteroatoms. The van der Waals surface area contributed by atoms with Crippen molar-refractivity contribution >= 4 is 29.7 Å². The van der Waals surface area contributed by atoms with Crippen LogP contribution in [0, 0.1) is 0 Å². The smallest absolute Gasteiger partial charge is 0.265 e. The van der Waals surface area contributed by atoms with Crippen LogP contribution >= 0.6 is 23.7 Å². The summed E-state index contributed by atoms with van der Waals surface area (Å²) in [6, 6.07) is 9.26. The highest BCUT2D eigenvalue weighted by molar-refractivity contribution is 7.16. The lowest BCUT2D eigenvalue weighted by Crippen LogP contribution is -2.48. The average Bonchev–Trinajstić information content (AvgIpc) is 3.27. The molecular formula is C19H24ClN3O2S. The van der Waals surface area contributed by atoms with Crippen molar-refractivity contribution in [2.75, 3.05) is 14.2 Å². The van der Waals surface area contributed by atoms with Crippen molar-refractivity contribution in [1.29, 1.82) is 0 Å². The van der Waals surface area contributed by atoms with Gasteiger partial charge in [-0.15, -0.1) is 23.7 Å². The van der Waals surface area contributed by atoms with Gasteiger partial charge in [-0.1, -0.05) is 0 Å². The van der Waals surface area contributed by atoms with Crippen LogP contribution in [0.25, 0.3) is 10.6 Å². The number of rotatable bonds is 4. The molecule has 140 valence electrons. The van der Waals surface area contributed by atoms with Crippen LogP contribution in [-0.2, 0) is 0 Å². The SMILES string of the molecule is COc1ccc(-c2ncc(C(=O)N(C)C3CC4CCC(C3)N4)s2)cc1.Cl. The number of thiazole rings is 1. The number of nitrogens with zero attached hydrogens (tertiary/aromatic N) is 2. The zero-order valence-electron chi connectivity index (χ0n) is 15.0. The standard InChI is InChI=1S/C19H23N3O2S.ClH/c1-22(15-9-13-5-6-14(10-15)21-13)19(23)17-11-20-18(25-17)12-3-7-16(24-2)8-4-12;/h3-4,7-8,11,13-15,21H,5-6,9-10H2,1-2H3;1H. The summed E-state index contributed by atoms with van der Waals surface area (Å²) in [4.78, 5) is 20.0. The van der Waals surface area contributed by atoms with Crippen molar-refractivity contribution in [2.24, 2.45) is 0 Å². The maximum Gasteiger partial charge on any atom is 0.265 e. The van der Waals surface area contributed by atoms with E-state index in [1.807, 2.05) is 36.2 Å². The van der Waals surface area contributed by atoms with Gasteiger partial charge in [0.2, 0.25) is 0 Å². The topological polar surface area (TPSA) is 54.5 Å². The van der Waals surface area contributed by atoms with Gasteiger partial charge >= 0.3 is 0 Å². The predicted octanol–water partition coefficient (Wildman–Crippen LogP) is 3.60. The molecule has 0 spiro atoms. The lowest BCUT2D eigenvalue weighted by molar-refractivity contribution is 0.0686. The van der Waals surface area contributed by atoms with Gasteiger partial charge in [-0.05, 0) is 49.9 Å². The average molecular weight is 394 g/mol. The molecule has 2 unspecified atom stereocenters. The normalized spacial score (nSPS) is 24.0. The molecule has 26 heavy (non-hydrogen) atoms. The number of amides is 1. The molecule has 0 aliphatic carbocycles. The van der Waals surface area contributed by atoms with Crippen LogP contribution in [0.1, 0.15) is 35.4 Å². The maximum atomic E-state index is 12.9. The molecule has 2 aromatic rings. The van der Waals surface area contributed by atoms with E-state index >= 15 is 0 Å². The Labute approximate surface area is 164 Å². The summed E-state index contributed by atoms with van der Waals surface area (Å²) < 4.78 is 5.19. The van der Waals surface area contributed by atoms with Gasteiger partial charge in [0.25, 0.3) is 5.91 Å². The number of halogens is 1. The third kappa shape index (κ3) is 3.72. The van der Waals surface area contributed by atoms with Crippen LogP contribution in [0.15, 0.2) is 30.5 Å². The van der Waals surface area contributed by atoms with E-state index in [0.717, 1.165) is 29.2 Å². The fraction of sp³-hybridized carbons (Fsp3) is 0.474. The van der Waals surface area contributed by atoms with Gasteiger partial charge in [0.1, 0.15) is 15.6 Å². The van der Waals surface area contributed by atoms with Crippen LogP contribution in [-0.4, -0.2) is 48.1 Å². The van der Waals surface area contributed by atoms with E-state index in [2.05, 4.69) is 10.3 Å². The number of fused-ring (bicyclic) bond motifs is 2. The lowest BCUT2D eigenvalue weighted by Gasteiger charge is -2.35. The van der Waals surface area contributed by atoms with Crippen molar-refractivity contribution in [1.82, 2.24) is 15.2 Å².